The summed E-state index contributed by atoms with van der Waals surface area (Å²) < 4.78 is 13.8. The molecule has 0 spiro atoms. The van der Waals surface area contributed by atoms with Crippen LogP contribution in [0.5, 0.6) is 0 Å². The van der Waals surface area contributed by atoms with E-state index in [-0.39, 0.29) is 23.9 Å². The molecule has 2 N–H and O–H groups in total. The van der Waals surface area contributed by atoms with Gasteiger partial charge in [-0.2, -0.15) is 0 Å². The number of halogens is 1. The highest BCUT2D eigenvalue weighted by atomic mass is 19.1. The van der Waals surface area contributed by atoms with Gasteiger partial charge in [0.05, 0.1) is 5.69 Å². The summed E-state index contributed by atoms with van der Waals surface area (Å²) in [5.41, 5.74) is 1.65. The van der Waals surface area contributed by atoms with Gasteiger partial charge in [-0.3, -0.25) is 9.59 Å². The molecule has 28 heavy (non-hydrogen) atoms. The maximum Gasteiger partial charge on any atom is 0.251 e. The highest BCUT2D eigenvalue weighted by molar-refractivity contribution is 5.95. The number of benzene rings is 3. The zero-order chi connectivity index (χ0) is 19.8. The molecule has 5 heteroatoms. The molecule has 3 aromatic carbocycles. The fraction of sp³-hybridized carbons (Fsp3) is 0.130. The van der Waals surface area contributed by atoms with Crippen LogP contribution < -0.4 is 10.6 Å². The molecule has 3 aromatic rings. The molecule has 0 radical (unpaired) electrons. The van der Waals surface area contributed by atoms with Gasteiger partial charge in [0.15, 0.2) is 0 Å². The molecule has 1 atom stereocenters. The second-order valence-electron chi connectivity index (χ2n) is 6.46. The van der Waals surface area contributed by atoms with Crippen LogP contribution in [0, 0.1) is 5.82 Å². The third-order valence-corrected chi connectivity index (χ3v) is 4.28. The average molecular weight is 376 g/mol. The Morgan fingerprint density at radius 1 is 0.821 bits per heavy atom. The number of amides is 2. The summed E-state index contributed by atoms with van der Waals surface area (Å²) in [6, 6.07) is 24.0. The highest BCUT2D eigenvalue weighted by Crippen LogP contribution is 2.14. The Kier molecular flexibility index (Phi) is 6.52. The zero-order valence-electron chi connectivity index (χ0n) is 15.3. The number of para-hydroxylation sites is 1. The fourth-order valence-corrected chi connectivity index (χ4v) is 2.92. The molecule has 0 fully saturated rings. The van der Waals surface area contributed by atoms with Crippen LogP contribution in [-0.2, 0) is 11.2 Å². The summed E-state index contributed by atoms with van der Waals surface area (Å²) in [6.45, 7) is 0. The molecule has 0 aromatic heterocycles. The Bertz CT molecular complexity index is 930. The van der Waals surface area contributed by atoms with Gasteiger partial charge >= 0.3 is 0 Å². The number of rotatable bonds is 7. The summed E-state index contributed by atoms with van der Waals surface area (Å²) in [5.74, 6) is -1.11. The minimum atomic E-state index is -0.496. The first-order valence-electron chi connectivity index (χ1n) is 9.06. The van der Waals surface area contributed by atoms with Crippen molar-refractivity contribution >= 4 is 17.5 Å². The zero-order valence-corrected chi connectivity index (χ0v) is 15.3. The third-order valence-electron chi connectivity index (χ3n) is 4.28. The third kappa shape index (κ3) is 5.51. The Balaban J connectivity index is 1.71. The molecule has 1 unspecified atom stereocenters. The lowest BCUT2D eigenvalue weighted by Gasteiger charge is -2.19. The Hall–Kier alpha value is -3.47. The van der Waals surface area contributed by atoms with Crippen molar-refractivity contribution in [1.82, 2.24) is 5.32 Å². The van der Waals surface area contributed by atoms with E-state index in [0.717, 1.165) is 5.56 Å². The first kappa shape index (κ1) is 19.3. The molecule has 0 aliphatic carbocycles. The molecule has 0 aliphatic rings. The molecule has 0 aliphatic heterocycles. The normalized spacial score (nSPS) is 11.5. The minimum absolute atomic E-state index is 0.0296. The van der Waals surface area contributed by atoms with E-state index in [4.69, 9.17) is 0 Å². The molecule has 2 amide bonds. The number of carbonyl (C=O) groups excluding carboxylic acids is 2. The number of hydrogen-bond acceptors (Lipinski definition) is 2. The molecule has 3 rings (SSSR count). The molecule has 0 saturated carbocycles. The quantitative estimate of drug-likeness (QED) is 0.649. The predicted octanol–water partition coefficient (Wildman–Crippen LogP) is 4.20. The predicted molar refractivity (Wildman–Crippen MR) is 107 cm³/mol. The summed E-state index contributed by atoms with van der Waals surface area (Å²) in [7, 11) is 0. The molecule has 0 heterocycles. The topological polar surface area (TPSA) is 58.2 Å². The van der Waals surface area contributed by atoms with Gasteiger partial charge in [0, 0.05) is 18.0 Å². The van der Waals surface area contributed by atoms with Crippen LogP contribution in [0.4, 0.5) is 10.1 Å². The lowest BCUT2D eigenvalue weighted by atomic mass is 10.0. The van der Waals surface area contributed by atoms with Crippen molar-refractivity contribution in [2.75, 3.05) is 5.32 Å². The van der Waals surface area contributed by atoms with Crippen molar-refractivity contribution in [1.29, 1.82) is 0 Å². The molecular formula is C23H21FN2O2. The lowest BCUT2D eigenvalue weighted by molar-refractivity contribution is -0.116. The van der Waals surface area contributed by atoms with E-state index in [2.05, 4.69) is 10.6 Å². The molecule has 4 nitrogen and oxygen atoms in total. The number of carbonyl (C=O) groups is 2. The summed E-state index contributed by atoms with van der Waals surface area (Å²) >= 11 is 0. The number of hydrogen-bond donors (Lipinski definition) is 2. The van der Waals surface area contributed by atoms with E-state index >= 15 is 0 Å². The van der Waals surface area contributed by atoms with Crippen molar-refractivity contribution in [3.63, 3.8) is 0 Å². The Labute approximate surface area is 163 Å². The van der Waals surface area contributed by atoms with Crippen LogP contribution in [0.2, 0.25) is 0 Å². The highest BCUT2D eigenvalue weighted by Gasteiger charge is 2.19. The molecular weight excluding hydrogens is 355 g/mol. The van der Waals surface area contributed by atoms with Crippen molar-refractivity contribution < 1.29 is 14.0 Å². The van der Waals surface area contributed by atoms with Gasteiger partial charge in [-0.1, -0.05) is 60.7 Å². The summed E-state index contributed by atoms with van der Waals surface area (Å²) in [5, 5.41) is 5.49. The van der Waals surface area contributed by atoms with E-state index in [9.17, 15) is 14.0 Å². The van der Waals surface area contributed by atoms with Crippen molar-refractivity contribution in [2.24, 2.45) is 0 Å². The monoisotopic (exact) mass is 376 g/mol. The van der Waals surface area contributed by atoms with Crippen LogP contribution in [0.15, 0.2) is 84.9 Å². The fourth-order valence-electron chi connectivity index (χ4n) is 2.92. The number of nitrogens with one attached hydrogen (secondary N) is 2. The van der Waals surface area contributed by atoms with Crippen LogP contribution in [-0.4, -0.2) is 17.9 Å². The van der Waals surface area contributed by atoms with Gasteiger partial charge in [0.2, 0.25) is 5.91 Å². The summed E-state index contributed by atoms with van der Waals surface area (Å²) in [4.78, 5) is 25.0. The van der Waals surface area contributed by atoms with Crippen molar-refractivity contribution in [3.05, 3.63) is 102 Å². The second kappa shape index (κ2) is 9.46. The van der Waals surface area contributed by atoms with Crippen LogP contribution in [0.1, 0.15) is 22.3 Å². The molecule has 142 valence electrons. The molecule has 0 saturated heterocycles. The first-order valence-corrected chi connectivity index (χ1v) is 9.06. The van der Waals surface area contributed by atoms with Crippen molar-refractivity contribution in [2.45, 2.75) is 18.9 Å². The first-order chi connectivity index (χ1) is 13.6. The second-order valence-corrected chi connectivity index (χ2v) is 6.46. The van der Waals surface area contributed by atoms with Gasteiger partial charge in [-0.15, -0.1) is 0 Å². The maximum atomic E-state index is 13.8. The van der Waals surface area contributed by atoms with Crippen LogP contribution >= 0.6 is 0 Å². The average Bonchev–Trinajstić information content (AvgIpc) is 2.71. The van der Waals surface area contributed by atoms with Gasteiger partial charge < -0.3 is 10.6 Å². The smallest absolute Gasteiger partial charge is 0.251 e. The Morgan fingerprint density at radius 3 is 2.11 bits per heavy atom. The van der Waals surface area contributed by atoms with Gasteiger partial charge in [0.1, 0.15) is 5.82 Å². The van der Waals surface area contributed by atoms with E-state index in [0.29, 0.717) is 12.0 Å². The Morgan fingerprint density at radius 2 is 1.43 bits per heavy atom. The maximum absolute atomic E-state index is 13.8. The number of anilines is 1. The minimum Gasteiger partial charge on any atom is -0.348 e. The van der Waals surface area contributed by atoms with Crippen LogP contribution in [0.25, 0.3) is 0 Å². The van der Waals surface area contributed by atoms with Crippen molar-refractivity contribution in [3.8, 4) is 0 Å². The standard InChI is InChI=1S/C23H21FN2O2/c24-20-13-7-8-14-21(20)26-22(27)16-19(15-17-9-3-1-4-10-17)25-23(28)18-11-5-2-6-12-18/h1-14,19H,15-16H2,(H,25,28)(H,26,27). The lowest BCUT2D eigenvalue weighted by Crippen LogP contribution is -2.39. The van der Waals surface area contributed by atoms with Gasteiger partial charge in [0.25, 0.3) is 5.91 Å². The van der Waals surface area contributed by atoms with Gasteiger partial charge in [-0.25, -0.2) is 4.39 Å². The van der Waals surface area contributed by atoms with E-state index in [1.165, 1.54) is 12.1 Å². The van der Waals surface area contributed by atoms with E-state index < -0.39 is 11.9 Å². The molecule has 0 bridgehead atoms. The van der Waals surface area contributed by atoms with Crippen LogP contribution in [0.3, 0.4) is 0 Å². The van der Waals surface area contributed by atoms with E-state index in [1.807, 2.05) is 36.4 Å². The largest absolute Gasteiger partial charge is 0.348 e. The SMILES string of the molecule is O=C(CC(Cc1ccccc1)NC(=O)c1ccccc1)Nc1ccccc1F. The summed E-state index contributed by atoms with van der Waals surface area (Å²) in [6.07, 6.45) is 0.520. The van der Waals surface area contributed by atoms with Gasteiger partial charge in [-0.05, 0) is 36.2 Å². The van der Waals surface area contributed by atoms with E-state index in [1.54, 1.807) is 36.4 Å².